The zero-order valence-electron chi connectivity index (χ0n) is 14.1. The number of rotatable bonds is 3. The Labute approximate surface area is 152 Å². The summed E-state index contributed by atoms with van der Waals surface area (Å²) < 4.78 is 5.56. The average Bonchev–Trinajstić information content (AvgIpc) is 3.24. The Hall–Kier alpha value is -2.26. The van der Waals surface area contributed by atoms with E-state index in [-0.39, 0.29) is 5.91 Å². The van der Waals surface area contributed by atoms with Crippen molar-refractivity contribution in [2.24, 2.45) is 0 Å². The van der Waals surface area contributed by atoms with Crippen molar-refractivity contribution in [3.05, 3.63) is 58.1 Å². The molecule has 0 unspecified atom stereocenters. The summed E-state index contributed by atoms with van der Waals surface area (Å²) in [4.78, 5) is 12.4. The van der Waals surface area contributed by atoms with Crippen LogP contribution in [0.15, 0.2) is 36.4 Å². The average molecular weight is 354 g/mol. The maximum Gasteiger partial charge on any atom is 0.256 e. The van der Waals surface area contributed by atoms with Gasteiger partial charge in [-0.2, -0.15) is 0 Å². The Kier molecular flexibility index (Phi) is 4.26. The summed E-state index contributed by atoms with van der Waals surface area (Å²) in [5.74, 6) is 1.40. The summed E-state index contributed by atoms with van der Waals surface area (Å²) in [7, 11) is 1.72. The molecule has 128 valence electrons. The van der Waals surface area contributed by atoms with Crippen LogP contribution in [0, 0.1) is 0 Å². The maximum absolute atomic E-state index is 12.4. The summed E-state index contributed by atoms with van der Waals surface area (Å²) in [6.07, 6.45) is 6.89. The molecule has 0 aromatic heterocycles. The number of carbonyl (C=O) groups excluding carboxylic acids is 1. The van der Waals surface area contributed by atoms with E-state index in [2.05, 4.69) is 11.4 Å². The molecular weight excluding hydrogens is 334 g/mol. The van der Waals surface area contributed by atoms with E-state index in [9.17, 15) is 4.79 Å². The van der Waals surface area contributed by atoms with Gasteiger partial charge in [-0.1, -0.05) is 30.5 Å². The summed E-state index contributed by atoms with van der Waals surface area (Å²) >= 11 is 6.11. The summed E-state index contributed by atoms with van der Waals surface area (Å²) in [5.41, 5.74) is 4.58. The van der Waals surface area contributed by atoms with E-state index in [0.717, 1.165) is 22.6 Å². The predicted octanol–water partition coefficient (Wildman–Crippen LogP) is 5.50. The van der Waals surface area contributed by atoms with Crippen molar-refractivity contribution in [2.75, 3.05) is 12.4 Å². The Balaban J connectivity index is 1.76. The number of methoxy groups -OCH3 is 1. The number of benzene rings is 2. The third-order valence-corrected chi connectivity index (χ3v) is 5.36. The first kappa shape index (κ1) is 16.2. The molecule has 2 aromatic carbocycles. The lowest BCUT2D eigenvalue weighted by Crippen LogP contribution is -2.03. The molecular formula is C21H20ClNO2. The third-order valence-electron chi connectivity index (χ3n) is 5.12. The normalized spacial score (nSPS) is 18.5. The number of ether oxygens (including phenoxy) is 1. The molecule has 1 aliphatic carbocycles. The predicted molar refractivity (Wildman–Crippen MR) is 102 cm³/mol. The quantitative estimate of drug-likeness (QED) is 0.740. The number of nitrogens with one attached hydrogen (secondary N) is 1. The number of anilines is 1. The molecule has 1 saturated carbocycles. The van der Waals surface area contributed by atoms with Crippen molar-refractivity contribution in [3.63, 3.8) is 0 Å². The standard InChI is InChI=1S/C21H20ClNO2/c1-25-20-9-6-13(10-16(20)14-4-2-3-5-14)11-18-17-12-15(22)7-8-19(17)23-21(18)24/h6-12,14H,2-5H2,1H3,(H,23,24)/b18-11+. The minimum Gasteiger partial charge on any atom is -0.496 e. The maximum atomic E-state index is 12.4. The van der Waals surface area contributed by atoms with Crippen LogP contribution in [0.1, 0.15) is 48.3 Å². The highest BCUT2D eigenvalue weighted by Crippen LogP contribution is 2.40. The molecule has 1 amide bonds. The lowest BCUT2D eigenvalue weighted by atomic mass is 9.94. The van der Waals surface area contributed by atoms with Crippen LogP contribution in [0.3, 0.4) is 0 Å². The first-order valence-corrected chi connectivity index (χ1v) is 9.04. The Morgan fingerprint density at radius 3 is 2.72 bits per heavy atom. The van der Waals surface area contributed by atoms with Gasteiger partial charge in [-0.15, -0.1) is 0 Å². The number of halogens is 1. The fourth-order valence-corrected chi connectivity index (χ4v) is 4.04. The lowest BCUT2D eigenvalue weighted by molar-refractivity contribution is -0.110. The fraction of sp³-hybridized carbons (Fsp3) is 0.286. The monoisotopic (exact) mass is 353 g/mol. The molecule has 1 aliphatic heterocycles. The molecule has 4 rings (SSSR count). The van der Waals surface area contributed by atoms with E-state index in [0.29, 0.717) is 16.5 Å². The van der Waals surface area contributed by atoms with E-state index in [1.807, 2.05) is 30.3 Å². The highest BCUT2D eigenvalue weighted by atomic mass is 35.5. The SMILES string of the molecule is COc1ccc(/C=C2/C(=O)Nc3ccc(Cl)cc32)cc1C1CCCC1. The smallest absolute Gasteiger partial charge is 0.256 e. The highest BCUT2D eigenvalue weighted by Gasteiger charge is 2.25. The van der Waals surface area contributed by atoms with Crippen LogP contribution in [0.25, 0.3) is 11.6 Å². The van der Waals surface area contributed by atoms with Crippen LogP contribution in [0.4, 0.5) is 5.69 Å². The number of hydrogen-bond donors (Lipinski definition) is 1. The topological polar surface area (TPSA) is 38.3 Å². The second-order valence-electron chi connectivity index (χ2n) is 6.68. The van der Waals surface area contributed by atoms with Crippen LogP contribution in [-0.4, -0.2) is 13.0 Å². The van der Waals surface area contributed by atoms with E-state index in [1.165, 1.54) is 31.2 Å². The molecule has 2 aromatic rings. The van der Waals surface area contributed by atoms with Gasteiger partial charge >= 0.3 is 0 Å². The Morgan fingerprint density at radius 2 is 1.96 bits per heavy atom. The summed E-state index contributed by atoms with van der Waals surface area (Å²) in [6, 6.07) is 11.6. The van der Waals surface area contributed by atoms with Crippen molar-refractivity contribution >= 4 is 34.8 Å². The van der Waals surface area contributed by atoms with Gasteiger partial charge < -0.3 is 10.1 Å². The third kappa shape index (κ3) is 3.05. The Bertz CT molecular complexity index is 866. The van der Waals surface area contributed by atoms with Gasteiger partial charge in [0.2, 0.25) is 0 Å². The van der Waals surface area contributed by atoms with E-state index < -0.39 is 0 Å². The van der Waals surface area contributed by atoms with Crippen LogP contribution in [-0.2, 0) is 4.79 Å². The fourth-order valence-electron chi connectivity index (χ4n) is 3.87. The minimum atomic E-state index is -0.0875. The summed E-state index contributed by atoms with van der Waals surface area (Å²) in [5, 5.41) is 3.52. The van der Waals surface area contributed by atoms with Gasteiger partial charge in [0.1, 0.15) is 5.75 Å². The first-order chi connectivity index (χ1) is 12.2. The van der Waals surface area contributed by atoms with E-state index in [4.69, 9.17) is 16.3 Å². The van der Waals surface area contributed by atoms with Crippen LogP contribution in [0.5, 0.6) is 5.75 Å². The molecule has 2 aliphatic rings. The highest BCUT2D eigenvalue weighted by molar-refractivity contribution is 6.36. The van der Waals surface area contributed by atoms with Crippen LogP contribution in [0.2, 0.25) is 5.02 Å². The van der Waals surface area contributed by atoms with Gasteiger partial charge in [0.05, 0.1) is 7.11 Å². The number of fused-ring (bicyclic) bond motifs is 1. The lowest BCUT2D eigenvalue weighted by Gasteiger charge is -2.15. The van der Waals surface area contributed by atoms with Crippen molar-refractivity contribution in [3.8, 4) is 5.75 Å². The molecule has 3 nitrogen and oxygen atoms in total. The van der Waals surface area contributed by atoms with Gasteiger partial charge in [-0.25, -0.2) is 0 Å². The van der Waals surface area contributed by atoms with Crippen molar-refractivity contribution in [1.82, 2.24) is 0 Å². The minimum absolute atomic E-state index is 0.0875. The zero-order chi connectivity index (χ0) is 17.4. The van der Waals surface area contributed by atoms with Crippen molar-refractivity contribution < 1.29 is 9.53 Å². The van der Waals surface area contributed by atoms with Gasteiger partial charge in [0, 0.05) is 21.8 Å². The second-order valence-corrected chi connectivity index (χ2v) is 7.12. The summed E-state index contributed by atoms with van der Waals surface area (Å²) in [6.45, 7) is 0. The van der Waals surface area contributed by atoms with Gasteiger partial charge in [-0.3, -0.25) is 4.79 Å². The van der Waals surface area contributed by atoms with Gasteiger partial charge in [0.15, 0.2) is 0 Å². The number of carbonyl (C=O) groups is 1. The molecule has 0 radical (unpaired) electrons. The zero-order valence-corrected chi connectivity index (χ0v) is 14.9. The molecule has 1 fully saturated rings. The molecule has 1 N–H and O–H groups in total. The Morgan fingerprint density at radius 1 is 1.16 bits per heavy atom. The number of amides is 1. The van der Waals surface area contributed by atoms with E-state index >= 15 is 0 Å². The van der Waals surface area contributed by atoms with Crippen LogP contribution < -0.4 is 10.1 Å². The van der Waals surface area contributed by atoms with Crippen molar-refractivity contribution in [1.29, 1.82) is 0 Å². The second kappa shape index (κ2) is 6.57. The molecule has 25 heavy (non-hydrogen) atoms. The molecule has 4 heteroatoms. The first-order valence-electron chi connectivity index (χ1n) is 8.66. The van der Waals surface area contributed by atoms with Crippen LogP contribution >= 0.6 is 11.6 Å². The van der Waals surface area contributed by atoms with E-state index in [1.54, 1.807) is 13.2 Å². The molecule has 1 heterocycles. The molecule has 0 atom stereocenters. The number of hydrogen-bond acceptors (Lipinski definition) is 2. The van der Waals surface area contributed by atoms with Crippen molar-refractivity contribution in [2.45, 2.75) is 31.6 Å². The molecule has 0 spiro atoms. The van der Waals surface area contributed by atoms with Gasteiger partial charge in [0.25, 0.3) is 5.91 Å². The molecule has 0 bridgehead atoms. The molecule has 0 saturated heterocycles. The largest absolute Gasteiger partial charge is 0.496 e. The van der Waals surface area contributed by atoms with Gasteiger partial charge in [-0.05, 0) is 66.3 Å².